The van der Waals surface area contributed by atoms with Gasteiger partial charge in [-0.15, -0.1) is 0 Å². The molecule has 0 bridgehead atoms. The third kappa shape index (κ3) is 67.3. The number of ether oxygens (including phenoxy) is 4. The minimum atomic E-state index is -1.52. The number of carbonyl (C=O) groups is 3. The molecule has 0 aromatic rings. The third-order valence-corrected chi connectivity index (χ3v) is 15.0. The van der Waals surface area contributed by atoms with Gasteiger partial charge in [0, 0.05) is 12.8 Å². The summed E-state index contributed by atoms with van der Waals surface area (Å²) in [5, 5.41) is 9.73. The van der Waals surface area contributed by atoms with Crippen molar-refractivity contribution in [2.45, 2.75) is 309 Å². The van der Waals surface area contributed by atoms with Crippen LogP contribution < -0.4 is 0 Å². The molecule has 0 rings (SSSR count). The number of carboxylic acids is 1. The van der Waals surface area contributed by atoms with E-state index in [1.165, 1.54) is 167 Å². The molecule has 9 heteroatoms. The second-order valence-corrected chi connectivity index (χ2v) is 24.5. The Labute approximate surface area is 524 Å². The fourth-order valence-corrected chi connectivity index (χ4v) is 9.67. The molecule has 0 aliphatic rings. The molecule has 85 heavy (non-hydrogen) atoms. The van der Waals surface area contributed by atoms with Crippen LogP contribution in [-0.2, 0) is 33.3 Å². The average Bonchev–Trinajstić information content (AvgIpc) is 3.49. The highest BCUT2D eigenvalue weighted by molar-refractivity contribution is 5.71. The van der Waals surface area contributed by atoms with E-state index in [0.29, 0.717) is 11.0 Å². The first-order valence-electron chi connectivity index (χ1n) is 35.1. The van der Waals surface area contributed by atoms with Gasteiger partial charge in [0.25, 0.3) is 6.29 Å². The van der Waals surface area contributed by atoms with Crippen LogP contribution in [0.5, 0.6) is 0 Å². The van der Waals surface area contributed by atoms with Crippen molar-refractivity contribution in [2.24, 2.45) is 0 Å². The predicted molar refractivity (Wildman–Crippen MR) is 364 cm³/mol. The van der Waals surface area contributed by atoms with Crippen LogP contribution in [0.4, 0.5) is 0 Å². The highest BCUT2D eigenvalue weighted by atomic mass is 16.7. The number of nitrogens with zero attached hydrogens (tertiary/aromatic N) is 1. The van der Waals surface area contributed by atoms with E-state index >= 15 is 0 Å². The third-order valence-electron chi connectivity index (χ3n) is 15.0. The number of esters is 2. The molecule has 0 aliphatic carbocycles. The number of quaternary nitrogens is 1. The van der Waals surface area contributed by atoms with Crippen LogP contribution in [0.2, 0.25) is 0 Å². The number of hydrogen-bond donors (Lipinski definition) is 1. The summed E-state index contributed by atoms with van der Waals surface area (Å²) in [5.41, 5.74) is 0. The molecule has 0 spiro atoms. The van der Waals surface area contributed by atoms with Gasteiger partial charge in [0.2, 0.25) is 0 Å². The first kappa shape index (κ1) is 81.0. The molecule has 0 aromatic heterocycles. The molecule has 488 valence electrons. The minimum Gasteiger partial charge on any atom is -0.477 e. The van der Waals surface area contributed by atoms with Crippen LogP contribution in [0.25, 0.3) is 0 Å². The largest absolute Gasteiger partial charge is 0.477 e. The van der Waals surface area contributed by atoms with Gasteiger partial charge in [-0.1, -0.05) is 290 Å². The number of allylic oxidation sites excluding steroid dienone is 18. The van der Waals surface area contributed by atoms with Crippen LogP contribution in [0.1, 0.15) is 296 Å². The zero-order valence-electron chi connectivity index (χ0n) is 55.7. The monoisotopic (exact) mass is 1190 g/mol. The SMILES string of the molecule is CC/C=C\C/C=C\C/C=C\C/C=C\C/C=C\C/C=C\CCCCCCCCCCCCCCCCCCCCCCCCC(=O)OC(COC(=O)CCCCCCCC/C=C\C/C=C\C/C=C\CCCCC)COC(OCC[N+](C)(C)C)C(=O)O. The molecule has 0 amide bonds. The number of rotatable bonds is 64. The van der Waals surface area contributed by atoms with E-state index in [1.54, 1.807) is 0 Å². The topological polar surface area (TPSA) is 108 Å². The Hall–Kier alpha value is -4.05. The summed E-state index contributed by atoms with van der Waals surface area (Å²) in [4.78, 5) is 37.6. The van der Waals surface area contributed by atoms with Gasteiger partial charge in [-0.3, -0.25) is 9.59 Å². The van der Waals surface area contributed by atoms with Crippen molar-refractivity contribution in [3.05, 3.63) is 109 Å². The Balaban J connectivity index is 4.01. The number of carboxylic acid groups (broad SMARTS) is 1. The van der Waals surface area contributed by atoms with Crippen LogP contribution in [0, 0.1) is 0 Å². The van der Waals surface area contributed by atoms with Crippen molar-refractivity contribution in [2.75, 3.05) is 47.5 Å². The Morgan fingerprint density at radius 3 is 1.00 bits per heavy atom. The molecule has 9 nitrogen and oxygen atoms in total. The molecular weight excluding hydrogens is 1050 g/mol. The van der Waals surface area contributed by atoms with Gasteiger partial charge < -0.3 is 28.5 Å². The van der Waals surface area contributed by atoms with Crippen LogP contribution >= 0.6 is 0 Å². The predicted octanol–water partition coefficient (Wildman–Crippen LogP) is 21.8. The summed E-state index contributed by atoms with van der Waals surface area (Å²) in [7, 11) is 5.97. The molecule has 1 N–H and O–H groups in total. The lowest BCUT2D eigenvalue weighted by Crippen LogP contribution is -2.40. The zero-order chi connectivity index (χ0) is 61.9. The first-order valence-corrected chi connectivity index (χ1v) is 35.1. The van der Waals surface area contributed by atoms with Gasteiger partial charge in [0.1, 0.15) is 13.2 Å². The van der Waals surface area contributed by atoms with Crippen molar-refractivity contribution in [1.29, 1.82) is 0 Å². The molecule has 2 unspecified atom stereocenters. The Morgan fingerprint density at radius 2 is 0.671 bits per heavy atom. The molecule has 0 fully saturated rings. The van der Waals surface area contributed by atoms with Gasteiger partial charge >= 0.3 is 17.9 Å². The lowest BCUT2D eigenvalue weighted by molar-refractivity contribution is -0.870. The number of likely N-dealkylation sites (N-methyl/N-ethyl adjacent to an activating group) is 1. The van der Waals surface area contributed by atoms with Crippen molar-refractivity contribution in [3.63, 3.8) is 0 Å². The van der Waals surface area contributed by atoms with Gasteiger partial charge in [-0.05, 0) is 103 Å². The molecule has 0 saturated carbocycles. The molecule has 0 heterocycles. The van der Waals surface area contributed by atoms with Gasteiger partial charge in [0.05, 0.1) is 34.4 Å². The van der Waals surface area contributed by atoms with Crippen molar-refractivity contribution in [3.8, 4) is 0 Å². The molecule has 2 atom stereocenters. The number of hydrogen-bond acceptors (Lipinski definition) is 7. The molecule has 0 aromatic carbocycles. The van der Waals surface area contributed by atoms with E-state index in [2.05, 4.69) is 123 Å². The molecule has 0 saturated heterocycles. The second kappa shape index (κ2) is 65.9. The summed E-state index contributed by atoms with van der Waals surface area (Å²) in [6.07, 6.45) is 89.2. The fraction of sp³-hybridized carbons (Fsp3) is 0.724. The van der Waals surface area contributed by atoms with Gasteiger partial charge in [0.15, 0.2) is 6.10 Å². The Bertz CT molecular complexity index is 1760. The molecular formula is C76H132NO8+. The van der Waals surface area contributed by atoms with E-state index in [9.17, 15) is 19.5 Å². The first-order chi connectivity index (χ1) is 41.6. The van der Waals surface area contributed by atoms with Crippen molar-refractivity contribution >= 4 is 17.9 Å². The van der Waals surface area contributed by atoms with Gasteiger partial charge in [-0.25, -0.2) is 4.79 Å². The minimum absolute atomic E-state index is 0.183. The highest BCUT2D eigenvalue weighted by Gasteiger charge is 2.25. The lowest BCUT2D eigenvalue weighted by Gasteiger charge is -2.25. The van der Waals surface area contributed by atoms with Crippen molar-refractivity contribution in [1.82, 2.24) is 0 Å². The van der Waals surface area contributed by atoms with Gasteiger partial charge in [-0.2, -0.15) is 0 Å². The normalized spacial score (nSPS) is 13.4. The van der Waals surface area contributed by atoms with Crippen molar-refractivity contribution < 1.29 is 42.9 Å². The maximum absolute atomic E-state index is 12.9. The van der Waals surface area contributed by atoms with Crippen LogP contribution in [-0.4, -0.2) is 87.4 Å². The van der Waals surface area contributed by atoms with E-state index in [4.69, 9.17) is 18.9 Å². The number of carbonyl (C=O) groups excluding carboxylic acids is 2. The smallest absolute Gasteiger partial charge is 0.361 e. The highest BCUT2D eigenvalue weighted by Crippen LogP contribution is 2.17. The standard InChI is InChI=1S/C76H131NO8/c1-6-8-10-12-14-16-18-20-22-24-26-27-28-29-30-31-32-33-34-35-36-37-38-39-40-41-42-43-44-45-46-47-49-51-53-55-57-59-61-63-65-67-74(79)85-72(71-84-76(75(80)81)82-69-68-77(3,4)5)70-83-73(78)66-64-62-60-58-56-54-52-50-48-25-23-21-19-17-15-13-11-9-7-2/h8,10,14-17,20-23,26-27,29-30,32-33,48,50,72,76H,6-7,9,11-13,18-19,24-25,28,31,34-47,49,51-71H2,1-5H3/p+1/b10-8-,16-14-,17-15-,22-20-,23-21-,27-26-,30-29-,33-32-,50-48-. The summed E-state index contributed by atoms with van der Waals surface area (Å²) in [6, 6.07) is 0. The summed E-state index contributed by atoms with van der Waals surface area (Å²) < 4.78 is 22.9. The van der Waals surface area contributed by atoms with Crippen LogP contribution in [0.3, 0.4) is 0 Å². The van der Waals surface area contributed by atoms with E-state index < -0.39 is 24.3 Å². The van der Waals surface area contributed by atoms with E-state index in [-0.39, 0.29) is 38.6 Å². The van der Waals surface area contributed by atoms with E-state index in [0.717, 1.165) is 103 Å². The summed E-state index contributed by atoms with van der Waals surface area (Å²) >= 11 is 0. The maximum Gasteiger partial charge on any atom is 0.361 e. The number of unbranched alkanes of at least 4 members (excludes halogenated alkanes) is 31. The number of aliphatic carboxylic acids is 1. The second-order valence-electron chi connectivity index (χ2n) is 24.5. The summed E-state index contributed by atoms with van der Waals surface area (Å²) in [6.45, 7) is 4.74. The van der Waals surface area contributed by atoms with Crippen LogP contribution in [0.15, 0.2) is 109 Å². The van der Waals surface area contributed by atoms with E-state index in [1.807, 2.05) is 21.1 Å². The molecule has 0 aliphatic heterocycles. The Kier molecular flexibility index (Phi) is 62.8. The average molecular weight is 1190 g/mol. The Morgan fingerprint density at radius 1 is 0.365 bits per heavy atom. The lowest BCUT2D eigenvalue weighted by atomic mass is 10.0. The zero-order valence-corrected chi connectivity index (χ0v) is 55.7. The maximum atomic E-state index is 12.9. The quantitative estimate of drug-likeness (QED) is 0.0211. The molecule has 0 radical (unpaired) electrons. The fourth-order valence-electron chi connectivity index (χ4n) is 9.67. The summed E-state index contributed by atoms with van der Waals surface area (Å²) in [5.74, 6) is -2.01.